The Labute approximate surface area is 136 Å². The molecule has 0 fully saturated rings. The van der Waals surface area contributed by atoms with Gasteiger partial charge < -0.3 is 5.32 Å². The zero-order valence-corrected chi connectivity index (χ0v) is 13.6. The molecule has 0 heterocycles. The molecule has 2 aromatic carbocycles. The largest absolute Gasteiger partial charge is 0.352 e. The van der Waals surface area contributed by atoms with Gasteiger partial charge in [-0.2, -0.15) is 0 Å². The maximum absolute atomic E-state index is 12.0. The van der Waals surface area contributed by atoms with Gasteiger partial charge in [-0.25, -0.2) is 0 Å². The number of hydrogen-bond donors (Lipinski definition) is 1. The van der Waals surface area contributed by atoms with Crippen LogP contribution in [0.4, 0.5) is 0 Å². The lowest BCUT2D eigenvalue weighted by molar-refractivity contribution is 0.0954. The fraction of sp³-hybridized carbons (Fsp3) is 0.133. The Hall–Kier alpha value is -1.03. The quantitative estimate of drug-likeness (QED) is 0.825. The van der Waals surface area contributed by atoms with Crippen molar-refractivity contribution in [1.82, 2.24) is 5.32 Å². The van der Waals surface area contributed by atoms with Crippen LogP contribution in [0.5, 0.6) is 0 Å². The maximum Gasteiger partial charge on any atom is 0.251 e. The van der Waals surface area contributed by atoms with Gasteiger partial charge in [0.05, 0.1) is 5.02 Å². The molecule has 0 unspecified atom stereocenters. The summed E-state index contributed by atoms with van der Waals surface area (Å²) < 4.78 is 0.713. The van der Waals surface area contributed by atoms with Crippen LogP contribution < -0.4 is 5.32 Å². The van der Waals surface area contributed by atoms with Crippen molar-refractivity contribution in [1.29, 1.82) is 0 Å². The number of halogens is 3. The van der Waals surface area contributed by atoms with Gasteiger partial charge in [0, 0.05) is 21.6 Å². The molecule has 0 saturated heterocycles. The second-order valence-corrected chi connectivity index (χ2v) is 5.96. The lowest BCUT2D eigenvalue weighted by Gasteiger charge is -2.06. The summed E-state index contributed by atoms with van der Waals surface area (Å²) in [5.41, 5.74) is 1.71. The number of benzene rings is 2. The summed E-state index contributed by atoms with van der Waals surface area (Å²) in [4.78, 5) is 12.0. The minimum absolute atomic E-state index is 0.115. The van der Waals surface area contributed by atoms with E-state index in [1.807, 2.05) is 24.3 Å². The summed E-state index contributed by atoms with van der Waals surface area (Å²) in [6, 6.07) is 12.7. The molecule has 0 aromatic heterocycles. The van der Waals surface area contributed by atoms with E-state index in [-0.39, 0.29) is 5.91 Å². The Kier molecular flexibility index (Phi) is 5.46. The molecule has 0 atom stereocenters. The van der Waals surface area contributed by atoms with Crippen molar-refractivity contribution >= 4 is 45.0 Å². The molecule has 2 aromatic rings. The molecule has 0 aliphatic rings. The topological polar surface area (TPSA) is 29.1 Å². The number of carbonyl (C=O) groups is 1. The van der Waals surface area contributed by atoms with Crippen LogP contribution in [-0.2, 0) is 6.42 Å². The predicted molar refractivity (Wildman–Crippen MR) is 86.6 cm³/mol. The van der Waals surface area contributed by atoms with E-state index in [0.29, 0.717) is 26.6 Å². The van der Waals surface area contributed by atoms with Gasteiger partial charge >= 0.3 is 0 Å². The Bertz CT molecular complexity index is 614. The summed E-state index contributed by atoms with van der Waals surface area (Å²) in [7, 11) is 0. The van der Waals surface area contributed by atoms with Crippen molar-refractivity contribution in [2.75, 3.05) is 6.54 Å². The molecule has 1 amide bonds. The Morgan fingerprint density at radius 2 is 1.80 bits per heavy atom. The van der Waals surface area contributed by atoms with Crippen LogP contribution in [0.3, 0.4) is 0 Å². The molecule has 20 heavy (non-hydrogen) atoms. The van der Waals surface area contributed by atoms with Gasteiger partial charge in [0.25, 0.3) is 5.91 Å². The van der Waals surface area contributed by atoms with Crippen molar-refractivity contribution in [3.05, 3.63) is 68.1 Å². The Balaban J connectivity index is 1.88. The standard InChI is InChI=1S/C15H12BrCl2NO/c16-13-9-11(3-6-14(13)18)15(20)19-8-7-10-1-4-12(17)5-2-10/h1-6,9H,7-8H2,(H,19,20). The molecule has 0 spiro atoms. The van der Waals surface area contributed by atoms with Crippen LogP contribution in [0.25, 0.3) is 0 Å². The molecule has 0 bridgehead atoms. The third-order valence-electron chi connectivity index (χ3n) is 2.79. The maximum atomic E-state index is 12.0. The molecule has 0 aliphatic carbocycles. The van der Waals surface area contributed by atoms with E-state index in [1.165, 1.54) is 0 Å². The first-order chi connectivity index (χ1) is 9.56. The highest BCUT2D eigenvalue weighted by Crippen LogP contribution is 2.23. The number of nitrogens with one attached hydrogen (secondary N) is 1. The van der Waals surface area contributed by atoms with Gasteiger partial charge in [-0.15, -0.1) is 0 Å². The highest BCUT2D eigenvalue weighted by atomic mass is 79.9. The van der Waals surface area contributed by atoms with E-state index in [2.05, 4.69) is 21.2 Å². The minimum Gasteiger partial charge on any atom is -0.352 e. The van der Waals surface area contributed by atoms with E-state index in [9.17, 15) is 4.79 Å². The van der Waals surface area contributed by atoms with Gasteiger partial charge in [0.1, 0.15) is 0 Å². The number of amides is 1. The Morgan fingerprint density at radius 3 is 2.45 bits per heavy atom. The van der Waals surface area contributed by atoms with Crippen LogP contribution in [0.2, 0.25) is 10.0 Å². The first-order valence-electron chi connectivity index (χ1n) is 6.04. The summed E-state index contributed by atoms with van der Waals surface area (Å²) >= 11 is 15.0. The lowest BCUT2D eigenvalue weighted by atomic mass is 10.1. The number of hydrogen-bond acceptors (Lipinski definition) is 1. The average molecular weight is 373 g/mol. The molecule has 2 rings (SSSR count). The van der Waals surface area contributed by atoms with Crippen molar-refractivity contribution < 1.29 is 4.79 Å². The first-order valence-corrected chi connectivity index (χ1v) is 7.59. The highest BCUT2D eigenvalue weighted by Gasteiger charge is 2.07. The fourth-order valence-electron chi connectivity index (χ4n) is 1.71. The van der Waals surface area contributed by atoms with Gasteiger partial charge in [0.2, 0.25) is 0 Å². The molecule has 1 N–H and O–H groups in total. The molecular weight excluding hydrogens is 361 g/mol. The van der Waals surface area contributed by atoms with E-state index in [4.69, 9.17) is 23.2 Å². The zero-order chi connectivity index (χ0) is 14.5. The van der Waals surface area contributed by atoms with Gasteiger partial charge in [-0.1, -0.05) is 35.3 Å². The third kappa shape index (κ3) is 4.23. The molecule has 104 valence electrons. The van der Waals surface area contributed by atoms with Crippen LogP contribution in [0.1, 0.15) is 15.9 Å². The lowest BCUT2D eigenvalue weighted by Crippen LogP contribution is -2.25. The Morgan fingerprint density at radius 1 is 1.10 bits per heavy atom. The number of rotatable bonds is 4. The molecule has 0 saturated carbocycles. The summed E-state index contributed by atoms with van der Waals surface area (Å²) in [5, 5.41) is 4.17. The van der Waals surface area contributed by atoms with E-state index >= 15 is 0 Å². The molecule has 0 radical (unpaired) electrons. The second-order valence-electron chi connectivity index (χ2n) is 4.26. The first kappa shape index (κ1) is 15.4. The molecule has 2 nitrogen and oxygen atoms in total. The van der Waals surface area contributed by atoms with Gasteiger partial charge in [-0.05, 0) is 58.2 Å². The monoisotopic (exact) mass is 371 g/mol. The normalized spacial score (nSPS) is 10.3. The van der Waals surface area contributed by atoms with Crippen molar-refractivity contribution in [2.45, 2.75) is 6.42 Å². The molecule has 0 aliphatic heterocycles. The fourth-order valence-corrected chi connectivity index (χ4v) is 2.33. The van der Waals surface area contributed by atoms with Gasteiger partial charge in [-0.3, -0.25) is 4.79 Å². The van der Waals surface area contributed by atoms with Crippen LogP contribution in [-0.4, -0.2) is 12.5 Å². The summed E-state index contributed by atoms with van der Waals surface area (Å²) in [5.74, 6) is -0.115. The van der Waals surface area contributed by atoms with Gasteiger partial charge in [0.15, 0.2) is 0 Å². The highest BCUT2D eigenvalue weighted by molar-refractivity contribution is 9.10. The van der Waals surface area contributed by atoms with E-state index in [1.54, 1.807) is 18.2 Å². The predicted octanol–water partition coefficient (Wildman–Crippen LogP) is 4.73. The van der Waals surface area contributed by atoms with Crippen LogP contribution in [0.15, 0.2) is 46.9 Å². The van der Waals surface area contributed by atoms with Crippen molar-refractivity contribution in [3.8, 4) is 0 Å². The SMILES string of the molecule is O=C(NCCc1ccc(Cl)cc1)c1ccc(Cl)c(Br)c1. The zero-order valence-electron chi connectivity index (χ0n) is 10.5. The minimum atomic E-state index is -0.115. The van der Waals surface area contributed by atoms with E-state index in [0.717, 1.165) is 12.0 Å². The van der Waals surface area contributed by atoms with Crippen molar-refractivity contribution in [2.24, 2.45) is 0 Å². The van der Waals surface area contributed by atoms with Crippen LogP contribution in [0, 0.1) is 0 Å². The van der Waals surface area contributed by atoms with Crippen molar-refractivity contribution in [3.63, 3.8) is 0 Å². The smallest absolute Gasteiger partial charge is 0.251 e. The second kappa shape index (κ2) is 7.11. The number of carbonyl (C=O) groups excluding carboxylic acids is 1. The van der Waals surface area contributed by atoms with Crippen LogP contribution >= 0.6 is 39.1 Å². The summed E-state index contributed by atoms with van der Waals surface area (Å²) in [6.45, 7) is 0.570. The average Bonchev–Trinajstić information content (AvgIpc) is 2.44. The summed E-state index contributed by atoms with van der Waals surface area (Å²) in [6.07, 6.45) is 0.762. The molecular formula is C15H12BrCl2NO. The third-order valence-corrected chi connectivity index (χ3v) is 4.26. The van der Waals surface area contributed by atoms with E-state index < -0.39 is 0 Å². The molecule has 5 heteroatoms.